The van der Waals surface area contributed by atoms with Crippen LogP contribution in [-0.2, 0) is 12.7 Å². The number of hydrogen-bond acceptors (Lipinski definition) is 4. The maximum Gasteiger partial charge on any atom is 0.416 e. The van der Waals surface area contributed by atoms with E-state index < -0.39 is 17.6 Å². The number of benzene rings is 1. The van der Waals surface area contributed by atoms with Gasteiger partial charge in [0.25, 0.3) is 5.91 Å². The molecule has 23 heavy (non-hydrogen) atoms. The molecule has 1 heterocycles. The van der Waals surface area contributed by atoms with Gasteiger partial charge in [-0.1, -0.05) is 12.1 Å². The lowest BCUT2D eigenvalue weighted by molar-refractivity contribution is -0.137. The van der Waals surface area contributed by atoms with Crippen molar-refractivity contribution in [2.75, 3.05) is 5.32 Å². The summed E-state index contributed by atoms with van der Waals surface area (Å²) in [7, 11) is 0. The summed E-state index contributed by atoms with van der Waals surface area (Å²) in [4.78, 5) is 15.6. The molecule has 2 rings (SSSR count). The summed E-state index contributed by atoms with van der Waals surface area (Å²) in [6.45, 7) is 0.205. The molecule has 0 unspecified atom stereocenters. The fourth-order valence-corrected chi connectivity index (χ4v) is 1.86. The van der Waals surface area contributed by atoms with E-state index >= 15 is 0 Å². The molecular formula is C15H11F3N4O. The number of nitriles is 1. The molecule has 0 saturated carbocycles. The molecule has 8 heteroatoms. The maximum atomic E-state index is 12.5. The maximum absolute atomic E-state index is 12.5. The zero-order valence-electron chi connectivity index (χ0n) is 11.7. The highest BCUT2D eigenvalue weighted by atomic mass is 19.4. The molecule has 0 saturated heterocycles. The minimum Gasteiger partial charge on any atom is -0.379 e. The molecule has 0 aliphatic heterocycles. The summed E-state index contributed by atoms with van der Waals surface area (Å²) >= 11 is 0. The topological polar surface area (TPSA) is 77.8 Å². The number of pyridine rings is 1. The molecule has 1 amide bonds. The second kappa shape index (κ2) is 6.79. The van der Waals surface area contributed by atoms with Crippen molar-refractivity contribution in [2.24, 2.45) is 0 Å². The van der Waals surface area contributed by atoms with Crippen LogP contribution in [0, 0.1) is 11.5 Å². The molecule has 1 aromatic carbocycles. The lowest BCUT2D eigenvalue weighted by Gasteiger charge is -2.11. The molecule has 118 valence electrons. The molecule has 2 aromatic rings. The Labute approximate surface area is 129 Å². The second-order valence-electron chi connectivity index (χ2n) is 4.54. The van der Waals surface area contributed by atoms with Gasteiger partial charge in [0.05, 0.1) is 23.0 Å². The predicted molar refractivity (Wildman–Crippen MR) is 76.1 cm³/mol. The zero-order valence-corrected chi connectivity index (χ0v) is 11.7. The Bertz CT molecular complexity index is 736. The van der Waals surface area contributed by atoms with E-state index in [2.05, 4.69) is 10.3 Å². The minimum atomic E-state index is -4.38. The van der Waals surface area contributed by atoms with Gasteiger partial charge in [0, 0.05) is 12.7 Å². The average molecular weight is 320 g/mol. The summed E-state index contributed by atoms with van der Waals surface area (Å²) in [6.07, 6.45) is -0.0465. The van der Waals surface area contributed by atoms with Crippen molar-refractivity contribution in [3.63, 3.8) is 0 Å². The number of nitrogens with one attached hydrogen (secondary N) is 2. The van der Waals surface area contributed by atoms with Gasteiger partial charge in [0.2, 0.25) is 0 Å². The molecule has 0 radical (unpaired) electrons. The van der Waals surface area contributed by atoms with Crippen LogP contribution in [0.4, 0.5) is 18.9 Å². The predicted octanol–water partition coefficient (Wildman–Crippen LogP) is 2.92. The standard InChI is InChI=1S/C15H11F3N4O/c16-15(17,18)11-3-1-10(2-4-11)7-21-13-8-20-6-5-12(13)14(23)22-9-19/h1-6,8,21H,7H2,(H,22,23). The van der Waals surface area contributed by atoms with E-state index in [0.29, 0.717) is 11.3 Å². The van der Waals surface area contributed by atoms with Gasteiger partial charge in [-0.3, -0.25) is 15.1 Å². The van der Waals surface area contributed by atoms with Gasteiger partial charge in [-0.25, -0.2) is 0 Å². The van der Waals surface area contributed by atoms with Crippen LogP contribution in [-0.4, -0.2) is 10.9 Å². The first-order valence-electron chi connectivity index (χ1n) is 6.45. The third-order valence-corrected chi connectivity index (χ3v) is 3.00. The first-order chi connectivity index (χ1) is 10.9. The van der Waals surface area contributed by atoms with E-state index in [4.69, 9.17) is 5.26 Å². The monoisotopic (exact) mass is 320 g/mol. The Morgan fingerprint density at radius 2 is 1.91 bits per heavy atom. The van der Waals surface area contributed by atoms with E-state index in [-0.39, 0.29) is 12.1 Å². The lowest BCUT2D eigenvalue weighted by atomic mass is 10.1. The number of halogens is 3. The number of aromatic nitrogens is 1. The average Bonchev–Trinajstić information content (AvgIpc) is 2.53. The SMILES string of the molecule is N#CNC(=O)c1ccncc1NCc1ccc(C(F)(F)F)cc1. The Hall–Kier alpha value is -3.08. The van der Waals surface area contributed by atoms with Crippen LogP contribution in [0.25, 0.3) is 0 Å². The number of anilines is 1. The Morgan fingerprint density at radius 1 is 1.22 bits per heavy atom. The van der Waals surface area contributed by atoms with Crippen LogP contribution in [0.2, 0.25) is 0 Å². The van der Waals surface area contributed by atoms with Crippen LogP contribution < -0.4 is 10.6 Å². The fraction of sp³-hybridized carbons (Fsp3) is 0.133. The van der Waals surface area contributed by atoms with Crippen molar-refractivity contribution in [3.05, 3.63) is 59.4 Å². The van der Waals surface area contributed by atoms with Gasteiger partial charge in [-0.15, -0.1) is 0 Å². The van der Waals surface area contributed by atoms with Crippen LogP contribution in [0.3, 0.4) is 0 Å². The summed E-state index contributed by atoms with van der Waals surface area (Å²) in [5.41, 5.74) is 0.471. The van der Waals surface area contributed by atoms with Crippen molar-refractivity contribution in [1.29, 1.82) is 5.26 Å². The van der Waals surface area contributed by atoms with Gasteiger partial charge < -0.3 is 5.32 Å². The van der Waals surface area contributed by atoms with E-state index in [1.165, 1.54) is 36.8 Å². The largest absolute Gasteiger partial charge is 0.416 e. The van der Waals surface area contributed by atoms with Gasteiger partial charge in [-0.2, -0.15) is 18.4 Å². The minimum absolute atomic E-state index is 0.205. The summed E-state index contributed by atoms with van der Waals surface area (Å²) in [6, 6.07) is 6.11. The van der Waals surface area contributed by atoms with Crippen LogP contribution in [0.15, 0.2) is 42.7 Å². The number of alkyl halides is 3. The molecule has 0 spiro atoms. The van der Waals surface area contributed by atoms with E-state index in [1.54, 1.807) is 0 Å². The van der Waals surface area contributed by atoms with E-state index in [9.17, 15) is 18.0 Å². The van der Waals surface area contributed by atoms with Crippen LogP contribution >= 0.6 is 0 Å². The molecule has 1 aromatic heterocycles. The highest BCUT2D eigenvalue weighted by molar-refractivity contribution is 6.00. The van der Waals surface area contributed by atoms with Crippen molar-refractivity contribution in [3.8, 4) is 6.19 Å². The Balaban J connectivity index is 2.10. The van der Waals surface area contributed by atoms with Crippen molar-refractivity contribution in [2.45, 2.75) is 12.7 Å². The molecule has 0 aliphatic carbocycles. The third kappa shape index (κ3) is 4.20. The number of hydrogen-bond donors (Lipinski definition) is 2. The summed E-state index contributed by atoms with van der Waals surface area (Å²) in [5.74, 6) is -0.593. The number of carbonyl (C=O) groups excluding carboxylic acids is 1. The van der Waals surface area contributed by atoms with Gasteiger partial charge in [0.15, 0.2) is 6.19 Å². The molecule has 2 N–H and O–H groups in total. The number of carbonyl (C=O) groups is 1. The lowest BCUT2D eigenvalue weighted by Crippen LogP contribution is -2.19. The normalized spacial score (nSPS) is 10.7. The first kappa shape index (κ1) is 16.3. The van der Waals surface area contributed by atoms with E-state index in [0.717, 1.165) is 12.1 Å². The number of rotatable bonds is 4. The Morgan fingerprint density at radius 3 is 2.52 bits per heavy atom. The smallest absolute Gasteiger partial charge is 0.379 e. The Kier molecular flexibility index (Phi) is 4.81. The number of amides is 1. The van der Waals surface area contributed by atoms with Crippen molar-refractivity contribution in [1.82, 2.24) is 10.3 Å². The fourth-order valence-electron chi connectivity index (χ4n) is 1.86. The molecule has 5 nitrogen and oxygen atoms in total. The number of nitrogens with zero attached hydrogens (tertiary/aromatic N) is 2. The van der Waals surface area contributed by atoms with Gasteiger partial charge in [0.1, 0.15) is 0 Å². The molecule has 0 bridgehead atoms. The van der Waals surface area contributed by atoms with Crippen LogP contribution in [0.5, 0.6) is 0 Å². The highest BCUT2D eigenvalue weighted by Gasteiger charge is 2.29. The molecule has 0 atom stereocenters. The highest BCUT2D eigenvalue weighted by Crippen LogP contribution is 2.29. The van der Waals surface area contributed by atoms with Crippen LogP contribution in [0.1, 0.15) is 21.5 Å². The molecular weight excluding hydrogens is 309 g/mol. The van der Waals surface area contributed by atoms with Crippen molar-refractivity contribution >= 4 is 11.6 Å². The summed E-state index contributed by atoms with van der Waals surface area (Å²) in [5, 5.41) is 13.4. The first-order valence-corrected chi connectivity index (χ1v) is 6.45. The second-order valence-corrected chi connectivity index (χ2v) is 4.54. The molecule has 0 aliphatic rings. The molecule has 0 fully saturated rings. The van der Waals surface area contributed by atoms with Crippen molar-refractivity contribution < 1.29 is 18.0 Å². The quantitative estimate of drug-likeness (QED) is 0.671. The van der Waals surface area contributed by atoms with Gasteiger partial charge >= 0.3 is 6.18 Å². The van der Waals surface area contributed by atoms with E-state index in [1.807, 2.05) is 5.32 Å². The zero-order chi connectivity index (χ0) is 16.9. The summed E-state index contributed by atoms with van der Waals surface area (Å²) < 4.78 is 37.5. The third-order valence-electron chi connectivity index (χ3n) is 3.00. The van der Waals surface area contributed by atoms with Gasteiger partial charge in [-0.05, 0) is 23.8 Å².